The molecule has 0 bridgehead atoms. The summed E-state index contributed by atoms with van der Waals surface area (Å²) in [7, 11) is 0. The van der Waals surface area contributed by atoms with Gasteiger partial charge in [0.25, 0.3) is 0 Å². The zero-order chi connectivity index (χ0) is 14.1. The molecule has 6 heteroatoms. The molecule has 5 nitrogen and oxygen atoms in total. The minimum absolute atomic E-state index is 0. The van der Waals surface area contributed by atoms with Crippen LogP contribution in [0.2, 0.25) is 0 Å². The van der Waals surface area contributed by atoms with E-state index in [0.29, 0.717) is 30.4 Å². The van der Waals surface area contributed by atoms with Crippen LogP contribution in [0, 0.1) is 0 Å². The van der Waals surface area contributed by atoms with Crippen LogP contribution >= 0.6 is 12.4 Å². The number of ether oxygens (including phenoxy) is 2. The van der Waals surface area contributed by atoms with Crippen molar-refractivity contribution < 1.29 is 14.3 Å². The fraction of sp³-hybridized carbons (Fsp3) is 0.500. The van der Waals surface area contributed by atoms with Gasteiger partial charge in [-0.2, -0.15) is 0 Å². The van der Waals surface area contributed by atoms with Gasteiger partial charge in [-0.3, -0.25) is 4.79 Å². The van der Waals surface area contributed by atoms with Crippen LogP contribution < -0.4 is 20.5 Å². The summed E-state index contributed by atoms with van der Waals surface area (Å²) >= 11 is 0. The minimum Gasteiger partial charge on any atom is -0.490 e. The quantitative estimate of drug-likeness (QED) is 0.774. The molecule has 1 amide bonds. The summed E-state index contributed by atoms with van der Waals surface area (Å²) in [6, 6.07) is 5.33. The molecule has 0 radical (unpaired) electrons. The zero-order valence-electron chi connectivity index (χ0n) is 12.0. The van der Waals surface area contributed by atoms with Gasteiger partial charge in [-0.25, -0.2) is 0 Å². The summed E-state index contributed by atoms with van der Waals surface area (Å²) in [5, 5.41) is 2.69. The first-order valence-corrected chi connectivity index (χ1v) is 6.60. The fourth-order valence-corrected chi connectivity index (χ4v) is 1.45. The van der Waals surface area contributed by atoms with Crippen LogP contribution in [-0.2, 0) is 4.79 Å². The van der Waals surface area contributed by atoms with Gasteiger partial charge >= 0.3 is 0 Å². The highest BCUT2D eigenvalue weighted by Gasteiger charge is 2.08. The van der Waals surface area contributed by atoms with Crippen molar-refractivity contribution in [2.75, 3.05) is 25.1 Å². The molecular weight excluding hydrogens is 280 g/mol. The molecule has 0 spiro atoms. The Bertz CT molecular complexity index is 413. The van der Waals surface area contributed by atoms with Crippen molar-refractivity contribution in [1.82, 2.24) is 0 Å². The lowest BCUT2D eigenvalue weighted by molar-refractivity contribution is -0.114. The number of nitrogens with two attached hydrogens (primary N) is 1. The van der Waals surface area contributed by atoms with E-state index in [1.807, 2.05) is 13.8 Å². The van der Waals surface area contributed by atoms with Gasteiger partial charge in [0.15, 0.2) is 11.5 Å². The van der Waals surface area contributed by atoms with Gasteiger partial charge in [-0.1, -0.05) is 13.8 Å². The molecule has 20 heavy (non-hydrogen) atoms. The highest BCUT2D eigenvalue weighted by molar-refractivity contribution is 5.92. The van der Waals surface area contributed by atoms with Crippen molar-refractivity contribution in [3.05, 3.63) is 18.2 Å². The van der Waals surface area contributed by atoms with E-state index in [2.05, 4.69) is 5.32 Å². The predicted molar refractivity (Wildman–Crippen MR) is 82.9 cm³/mol. The van der Waals surface area contributed by atoms with Gasteiger partial charge in [0.1, 0.15) is 0 Å². The van der Waals surface area contributed by atoms with Crippen molar-refractivity contribution in [3.63, 3.8) is 0 Å². The van der Waals surface area contributed by atoms with Gasteiger partial charge in [0, 0.05) is 11.8 Å². The summed E-state index contributed by atoms with van der Waals surface area (Å²) in [6.07, 6.45) is 1.84. The summed E-state index contributed by atoms with van der Waals surface area (Å²) < 4.78 is 11.2. The molecule has 1 rings (SSSR count). The standard InChI is InChI=1S/C14H22N2O3.ClH/c1-3-7-18-12-6-5-11(16-14(17)10-15)9-13(12)19-8-4-2;/h5-6,9H,3-4,7-8,10,15H2,1-2H3,(H,16,17);1H. The van der Waals surface area contributed by atoms with E-state index in [0.717, 1.165) is 12.8 Å². The molecule has 0 aliphatic carbocycles. The first-order chi connectivity index (χ1) is 9.21. The number of anilines is 1. The average Bonchev–Trinajstić information content (AvgIpc) is 2.43. The average molecular weight is 303 g/mol. The molecule has 1 aromatic rings. The molecule has 0 aliphatic rings. The van der Waals surface area contributed by atoms with Gasteiger partial charge in [0.05, 0.1) is 19.8 Å². The van der Waals surface area contributed by atoms with Crippen molar-refractivity contribution >= 4 is 24.0 Å². The predicted octanol–water partition coefficient (Wildman–Crippen LogP) is 2.58. The lowest BCUT2D eigenvalue weighted by Crippen LogP contribution is -2.21. The van der Waals surface area contributed by atoms with Crippen molar-refractivity contribution in [1.29, 1.82) is 0 Å². The number of carbonyl (C=O) groups is 1. The molecule has 0 aliphatic heterocycles. The maximum absolute atomic E-state index is 11.3. The van der Waals surface area contributed by atoms with E-state index in [-0.39, 0.29) is 24.9 Å². The Labute approximate surface area is 126 Å². The summed E-state index contributed by atoms with van der Waals surface area (Å²) in [5.74, 6) is 1.11. The number of hydrogen-bond acceptors (Lipinski definition) is 4. The van der Waals surface area contributed by atoms with Crippen molar-refractivity contribution in [2.45, 2.75) is 26.7 Å². The second-order valence-electron chi connectivity index (χ2n) is 4.11. The number of hydrogen-bond donors (Lipinski definition) is 2. The van der Waals surface area contributed by atoms with Gasteiger partial charge in [-0.05, 0) is 25.0 Å². The largest absolute Gasteiger partial charge is 0.490 e. The first kappa shape index (κ1) is 18.5. The Morgan fingerprint density at radius 2 is 1.75 bits per heavy atom. The molecule has 0 atom stereocenters. The van der Waals surface area contributed by atoms with Crippen LogP contribution in [0.3, 0.4) is 0 Å². The van der Waals surface area contributed by atoms with E-state index >= 15 is 0 Å². The lowest BCUT2D eigenvalue weighted by atomic mass is 10.2. The van der Waals surface area contributed by atoms with Gasteiger partial charge in [-0.15, -0.1) is 12.4 Å². The van der Waals surface area contributed by atoms with E-state index < -0.39 is 0 Å². The minimum atomic E-state index is -0.233. The van der Waals surface area contributed by atoms with Crippen molar-refractivity contribution in [3.8, 4) is 11.5 Å². The second-order valence-corrected chi connectivity index (χ2v) is 4.11. The highest BCUT2D eigenvalue weighted by atomic mass is 35.5. The Hall–Kier alpha value is -1.46. The third-order valence-corrected chi connectivity index (χ3v) is 2.34. The van der Waals surface area contributed by atoms with E-state index in [1.165, 1.54) is 0 Å². The van der Waals surface area contributed by atoms with E-state index in [9.17, 15) is 4.79 Å². The number of amides is 1. The Morgan fingerprint density at radius 3 is 2.30 bits per heavy atom. The Balaban J connectivity index is 0.00000361. The number of benzene rings is 1. The summed E-state index contributed by atoms with van der Waals surface area (Å²) in [5.41, 5.74) is 5.92. The topological polar surface area (TPSA) is 73.6 Å². The normalized spacial score (nSPS) is 9.55. The van der Waals surface area contributed by atoms with Crippen LogP contribution in [0.4, 0.5) is 5.69 Å². The molecule has 0 saturated heterocycles. The van der Waals surface area contributed by atoms with E-state index in [4.69, 9.17) is 15.2 Å². The number of nitrogens with one attached hydrogen (secondary N) is 1. The maximum Gasteiger partial charge on any atom is 0.238 e. The maximum atomic E-state index is 11.3. The Morgan fingerprint density at radius 1 is 1.15 bits per heavy atom. The molecule has 1 aromatic carbocycles. The molecule has 114 valence electrons. The van der Waals surface area contributed by atoms with Crippen LogP contribution in [0.25, 0.3) is 0 Å². The molecule has 0 unspecified atom stereocenters. The molecule has 0 heterocycles. The monoisotopic (exact) mass is 302 g/mol. The fourth-order valence-electron chi connectivity index (χ4n) is 1.45. The molecule has 0 saturated carbocycles. The molecule has 0 aromatic heterocycles. The number of rotatable bonds is 8. The summed E-state index contributed by atoms with van der Waals surface area (Å²) in [4.78, 5) is 11.3. The number of halogens is 1. The van der Waals surface area contributed by atoms with E-state index in [1.54, 1.807) is 18.2 Å². The molecule has 3 N–H and O–H groups in total. The summed E-state index contributed by atoms with van der Waals surface area (Å²) in [6.45, 7) is 5.28. The zero-order valence-corrected chi connectivity index (χ0v) is 12.8. The third-order valence-electron chi connectivity index (χ3n) is 2.34. The molecule has 0 fully saturated rings. The van der Waals surface area contributed by atoms with Gasteiger partial charge in [0.2, 0.25) is 5.91 Å². The van der Waals surface area contributed by atoms with Gasteiger partial charge < -0.3 is 20.5 Å². The van der Waals surface area contributed by atoms with Crippen LogP contribution in [0.1, 0.15) is 26.7 Å². The van der Waals surface area contributed by atoms with Crippen LogP contribution in [0.15, 0.2) is 18.2 Å². The lowest BCUT2D eigenvalue weighted by Gasteiger charge is -2.13. The third kappa shape index (κ3) is 6.12. The Kier molecular flexibility index (Phi) is 9.59. The highest BCUT2D eigenvalue weighted by Crippen LogP contribution is 2.30. The first-order valence-electron chi connectivity index (χ1n) is 6.60. The molecular formula is C14H23ClN2O3. The van der Waals surface area contributed by atoms with Crippen molar-refractivity contribution in [2.24, 2.45) is 5.73 Å². The van der Waals surface area contributed by atoms with Crippen LogP contribution in [-0.4, -0.2) is 25.7 Å². The SMILES string of the molecule is CCCOc1ccc(NC(=O)CN)cc1OCCC.Cl. The smallest absolute Gasteiger partial charge is 0.238 e. The second kappa shape index (κ2) is 10.3. The van der Waals surface area contributed by atoms with Crippen LogP contribution in [0.5, 0.6) is 11.5 Å². The number of carbonyl (C=O) groups excluding carboxylic acids is 1.